The standard InChI is InChI=1S/C22H29N5O2S/c1-12(2)21(28)23-7-8-24-22(29)17-10-19(16-9-14(5)30-15(16)6)26-20-18(17)11-25-27(20)13(3)4/h9-13H,7-8H2,1-6H3,(H,23,28)(H,24,29). The Balaban J connectivity index is 1.93. The van der Waals surface area contributed by atoms with Gasteiger partial charge in [-0.25, -0.2) is 9.67 Å². The first-order valence-corrected chi connectivity index (χ1v) is 11.0. The minimum Gasteiger partial charge on any atom is -0.354 e. The van der Waals surface area contributed by atoms with E-state index in [1.807, 2.05) is 38.4 Å². The Morgan fingerprint density at radius 3 is 2.40 bits per heavy atom. The molecule has 2 amide bonds. The molecule has 8 heteroatoms. The molecule has 3 heterocycles. The zero-order valence-corrected chi connectivity index (χ0v) is 19.2. The van der Waals surface area contributed by atoms with Gasteiger partial charge in [-0.05, 0) is 39.8 Å². The Hall–Kier alpha value is -2.74. The highest BCUT2D eigenvalue weighted by atomic mass is 32.1. The molecule has 0 unspecified atom stereocenters. The third-order valence-corrected chi connectivity index (χ3v) is 5.82. The van der Waals surface area contributed by atoms with Crippen LogP contribution >= 0.6 is 11.3 Å². The molecule has 0 spiro atoms. The van der Waals surface area contributed by atoms with Crippen molar-refractivity contribution in [3.05, 3.63) is 33.6 Å². The van der Waals surface area contributed by atoms with Crippen LogP contribution in [0.4, 0.5) is 0 Å². The maximum absolute atomic E-state index is 13.0. The highest BCUT2D eigenvalue weighted by Gasteiger charge is 2.19. The van der Waals surface area contributed by atoms with Gasteiger partial charge in [0.15, 0.2) is 5.65 Å². The zero-order valence-electron chi connectivity index (χ0n) is 18.4. The zero-order chi connectivity index (χ0) is 22.0. The van der Waals surface area contributed by atoms with E-state index in [-0.39, 0.29) is 23.8 Å². The summed E-state index contributed by atoms with van der Waals surface area (Å²) in [6.45, 7) is 12.6. The Morgan fingerprint density at radius 2 is 1.80 bits per heavy atom. The average Bonchev–Trinajstić information content (AvgIpc) is 3.26. The minimum atomic E-state index is -0.199. The highest BCUT2D eigenvalue weighted by molar-refractivity contribution is 7.12. The maximum atomic E-state index is 13.0. The quantitative estimate of drug-likeness (QED) is 0.561. The lowest BCUT2D eigenvalue weighted by molar-refractivity contribution is -0.123. The smallest absolute Gasteiger partial charge is 0.252 e. The molecule has 0 fully saturated rings. The Labute approximate surface area is 180 Å². The number of amides is 2. The molecule has 0 aliphatic heterocycles. The number of hydrogen-bond acceptors (Lipinski definition) is 5. The van der Waals surface area contributed by atoms with E-state index in [2.05, 4.69) is 35.6 Å². The van der Waals surface area contributed by atoms with Crippen LogP contribution in [0.3, 0.4) is 0 Å². The number of pyridine rings is 1. The number of rotatable bonds is 7. The van der Waals surface area contributed by atoms with E-state index in [9.17, 15) is 9.59 Å². The Bertz CT molecular complexity index is 1080. The second-order valence-electron chi connectivity index (χ2n) is 8.00. The van der Waals surface area contributed by atoms with E-state index in [1.165, 1.54) is 4.88 Å². The number of fused-ring (bicyclic) bond motifs is 1. The summed E-state index contributed by atoms with van der Waals surface area (Å²) < 4.78 is 1.84. The van der Waals surface area contributed by atoms with E-state index < -0.39 is 0 Å². The summed E-state index contributed by atoms with van der Waals surface area (Å²) in [6, 6.07) is 4.07. The number of carbonyl (C=O) groups is 2. The molecule has 7 nitrogen and oxygen atoms in total. The lowest BCUT2D eigenvalue weighted by Crippen LogP contribution is -2.36. The molecule has 2 N–H and O–H groups in total. The SMILES string of the molecule is Cc1cc(-c2cc(C(=O)NCCNC(=O)C(C)C)c3cnn(C(C)C)c3n2)c(C)s1. The molecule has 0 saturated heterocycles. The number of aryl methyl sites for hydroxylation is 2. The molecule has 0 aliphatic rings. The van der Waals surface area contributed by atoms with Crippen molar-refractivity contribution in [1.29, 1.82) is 0 Å². The van der Waals surface area contributed by atoms with Crippen LogP contribution in [-0.4, -0.2) is 39.7 Å². The summed E-state index contributed by atoms with van der Waals surface area (Å²) in [6.07, 6.45) is 1.70. The lowest BCUT2D eigenvalue weighted by atomic mass is 10.1. The summed E-state index contributed by atoms with van der Waals surface area (Å²) >= 11 is 1.71. The molecule has 0 aliphatic carbocycles. The third-order valence-electron chi connectivity index (χ3n) is 4.85. The van der Waals surface area contributed by atoms with Crippen LogP contribution in [0.25, 0.3) is 22.3 Å². The fourth-order valence-corrected chi connectivity index (χ4v) is 4.20. The third kappa shape index (κ3) is 4.53. The fourth-order valence-electron chi connectivity index (χ4n) is 3.27. The number of aromatic nitrogens is 3. The van der Waals surface area contributed by atoms with Crippen molar-refractivity contribution in [1.82, 2.24) is 25.4 Å². The number of thiophene rings is 1. The van der Waals surface area contributed by atoms with Crippen molar-refractivity contribution >= 4 is 34.2 Å². The van der Waals surface area contributed by atoms with E-state index in [4.69, 9.17) is 4.98 Å². The normalized spacial score (nSPS) is 11.5. The van der Waals surface area contributed by atoms with E-state index in [1.54, 1.807) is 17.5 Å². The predicted molar refractivity (Wildman–Crippen MR) is 121 cm³/mol. The molecule has 160 valence electrons. The maximum Gasteiger partial charge on any atom is 0.252 e. The topological polar surface area (TPSA) is 88.9 Å². The van der Waals surface area contributed by atoms with Gasteiger partial charge in [0.25, 0.3) is 5.91 Å². The molecule has 3 aromatic rings. The van der Waals surface area contributed by atoms with Crippen LogP contribution in [0.2, 0.25) is 0 Å². The van der Waals surface area contributed by atoms with Crippen LogP contribution in [0.5, 0.6) is 0 Å². The van der Waals surface area contributed by atoms with Crippen molar-refractivity contribution in [2.75, 3.05) is 13.1 Å². The number of nitrogens with zero attached hydrogens (tertiary/aromatic N) is 3. The van der Waals surface area contributed by atoms with Gasteiger partial charge in [-0.2, -0.15) is 5.10 Å². The Kier molecular flexibility index (Phi) is 6.55. The summed E-state index contributed by atoms with van der Waals surface area (Å²) in [5.41, 5.74) is 3.04. The molecule has 0 atom stereocenters. The largest absolute Gasteiger partial charge is 0.354 e. The number of carbonyl (C=O) groups excluding carboxylic acids is 2. The van der Waals surface area contributed by atoms with Gasteiger partial charge >= 0.3 is 0 Å². The van der Waals surface area contributed by atoms with Crippen molar-refractivity contribution in [3.63, 3.8) is 0 Å². The van der Waals surface area contributed by atoms with Crippen molar-refractivity contribution in [3.8, 4) is 11.3 Å². The average molecular weight is 428 g/mol. The monoisotopic (exact) mass is 427 g/mol. The van der Waals surface area contributed by atoms with Crippen molar-refractivity contribution < 1.29 is 9.59 Å². The Morgan fingerprint density at radius 1 is 1.10 bits per heavy atom. The van der Waals surface area contributed by atoms with Crippen LogP contribution in [0.15, 0.2) is 18.3 Å². The van der Waals surface area contributed by atoms with Gasteiger partial charge < -0.3 is 10.6 Å². The fraction of sp³-hybridized carbons (Fsp3) is 0.455. The second kappa shape index (κ2) is 8.95. The van der Waals surface area contributed by atoms with Gasteiger partial charge in [0.2, 0.25) is 5.91 Å². The molecule has 3 rings (SSSR count). The van der Waals surface area contributed by atoms with Crippen molar-refractivity contribution in [2.45, 2.75) is 47.6 Å². The van der Waals surface area contributed by atoms with Gasteiger partial charge in [0.1, 0.15) is 0 Å². The van der Waals surface area contributed by atoms with Gasteiger partial charge in [0.05, 0.1) is 22.8 Å². The van der Waals surface area contributed by atoms with Crippen LogP contribution < -0.4 is 10.6 Å². The minimum absolute atomic E-state index is 0.0284. The summed E-state index contributed by atoms with van der Waals surface area (Å²) in [5.74, 6) is -0.308. The van der Waals surface area contributed by atoms with Gasteiger partial charge in [0, 0.05) is 40.4 Å². The molecule has 3 aromatic heterocycles. The van der Waals surface area contributed by atoms with E-state index in [0.717, 1.165) is 21.5 Å². The second-order valence-corrected chi connectivity index (χ2v) is 9.46. The van der Waals surface area contributed by atoms with E-state index in [0.29, 0.717) is 24.3 Å². The molecular formula is C22H29N5O2S. The van der Waals surface area contributed by atoms with E-state index >= 15 is 0 Å². The molecule has 0 aromatic carbocycles. The summed E-state index contributed by atoms with van der Waals surface area (Å²) in [4.78, 5) is 31.9. The predicted octanol–water partition coefficient (Wildman–Crippen LogP) is 3.86. The first-order chi connectivity index (χ1) is 14.2. The molecule has 0 bridgehead atoms. The summed E-state index contributed by atoms with van der Waals surface area (Å²) in [5, 5.41) is 10.9. The molecule has 30 heavy (non-hydrogen) atoms. The van der Waals surface area contributed by atoms with Crippen LogP contribution in [0, 0.1) is 19.8 Å². The highest BCUT2D eigenvalue weighted by Crippen LogP contribution is 2.32. The van der Waals surface area contributed by atoms with Gasteiger partial charge in [-0.1, -0.05) is 13.8 Å². The number of nitrogens with one attached hydrogen (secondary N) is 2. The summed E-state index contributed by atoms with van der Waals surface area (Å²) in [7, 11) is 0. The molecule has 0 radical (unpaired) electrons. The number of hydrogen-bond donors (Lipinski definition) is 2. The lowest BCUT2D eigenvalue weighted by Gasteiger charge is -2.12. The molecular weight excluding hydrogens is 398 g/mol. The first-order valence-electron chi connectivity index (χ1n) is 10.2. The molecule has 0 saturated carbocycles. The van der Waals surface area contributed by atoms with Crippen molar-refractivity contribution in [2.24, 2.45) is 5.92 Å². The van der Waals surface area contributed by atoms with Crippen LogP contribution in [0.1, 0.15) is 53.8 Å². The van der Waals surface area contributed by atoms with Gasteiger partial charge in [-0.15, -0.1) is 11.3 Å². The van der Waals surface area contributed by atoms with Gasteiger partial charge in [-0.3, -0.25) is 9.59 Å². The van der Waals surface area contributed by atoms with Crippen LogP contribution in [-0.2, 0) is 4.79 Å². The first kappa shape index (κ1) is 22.0.